The van der Waals surface area contributed by atoms with Crippen LogP contribution in [0.5, 0.6) is 0 Å². The number of benzene rings is 1. The van der Waals surface area contributed by atoms with E-state index in [4.69, 9.17) is 0 Å². The highest BCUT2D eigenvalue weighted by molar-refractivity contribution is 7.09. The van der Waals surface area contributed by atoms with Gasteiger partial charge in [-0.25, -0.2) is 9.67 Å². The summed E-state index contributed by atoms with van der Waals surface area (Å²) in [6.45, 7) is 2.08. The maximum absolute atomic E-state index is 4.50. The lowest BCUT2D eigenvalue weighted by Crippen LogP contribution is -2.22. The Morgan fingerprint density at radius 1 is 1.23 bits per heavy atom. The van der Waals surface area contributed by atoms with Gasteiger partial charge in [-0.2, -0.15) is 5.10 Å². The summed E-state index contributed by atoms with van der Waals surface area (Å²) in [5.74, 6) is 0. The molecule has 3 aromatic rings. The second-order valence-corrected chi connectivity index (χ2v) is 6.55. The van der Waals surface area contributed by atoms with Crippen LogP contribution in [0.1, 0.15) is 29.5 Å². The summed E-state index contributed by atoms with van der Waals surface area (Å²) in [5, 5.41) is 7.81. The zero-order chi connectivity index (χ0) is 14.8. The topological polar surface area (TPSA) is 34.0 Å². The maximum Gasteiger partial charge on any atom is 0.110 e. The Morgan fingerprint density at radius 2 is 2.14 bits per heavy atom. The first-order valence-corrected chi connectivity index (χ1v) is 8.50. The van der Waals surface area contributed by atoms with Crippen molar-refractivity contribution in [3.63, 3.8) is 0 Å². The summed E-state index contributed by atoms with van der Waals surface area (Å²) in [5.41, 5.74) is 2.36. The van der Waals surface area contributed by atoms with Crippen LogP contribution in [0.3, 0.4) is 0 Å². The van der Waals surface area contributed by atoms with E-state index in [0.29, 0.717) is 6.04 Å². The molecule has 1 unspecified atom stereocenters. The quantitative estimate of drug-likeness (QED) is 0.737. The standard InChI is InChI=1S/C17H18N4S/c1-2-5-15(6-3-1)21-13-14(11-19-21)12-20-9-4-7-16(20)17-18-8-10-22-17/h1-3,5-6,8,10-11,13,16H,4,7,9,12H2. The largest absolute Gasteiger partial charge is 0.290 e. The van der Waals surface area contributed by atoms with Crippen molar-refractivity contribution in [3.8, 4) is 5.69 Å². The molecule has 4 rings (SSSR count). The molecule has 0 bridgehead atoms. The normalized spacial score (nSPS) is 18.8. The van der Waals surface area contributed by atoms with Crippen LogP contribution in [0.25, 0.3) is 5.69 Å². The van der Waals surface area contributed by atoms with E-state index < -0.39 is 0 Å². The van der Waals surface area contributed by atoms with Crippen molar-refractivity contribution in [2.75, 3.05) is 6.54 Å². The molecule has 1 atom stereocenters. The summed E-state index contributed by atoms with van der Waals surface area (Å²) in [6.07, 6.45) is 8.47. The smallest absolute Gasteiger partial charge is 0.110 e. The molecule has 1 aliphatic rings. The van der Waals surface area contributed by atoms with Crippen molar-refractivity contribution in [2.45, 2.75) is 25.4 Å². The van der Waals surface area contributed by atoms with E-state index in [0.717, 1.165) is 18.8 Å². The highest BCUT2D eigenvalue weighted by atomic mass is 32.1. The van der Waals surface area contributed by atoms with E-state index in [1.54, 1.807) is 11.3 Å². The molecule has 0 spiro atoms. The fraction of sp³-hybridized carbons (Fsp3) is 0.294. The molecule has 1 aromatic carbocycles. The van der Waals surface area contributed by atoms with Gasteiger partial charge in [-0.05, 0) is 31.5 Å². The Morgan fingerprint density at radius 3 is 2.95 bits per heavy atom. The van der Waals surface area contributed by atoms with Crippen molar-refractivity contribution in [1.82, 2.24) is 19.7 Å². The van der Waals surface area contributed by atoms with Gasteiger partial charge in [0.15, 0.2) is 0 Å². The van der Waals surface area contributed by atoms with Gasteiger partial charge in [-0.15, -0.1) is 11.3 Å². The summed E-state index contributed by atoms with van der Waals surface area (Å²) in [7, 11) is 0. The van der Waals surface area contributed by atoms with Gasteiger partial charge in [0, 0.05) is 29.9 Å². The van der Waals surface area contributed by atoms with E-state index in [9.17, 15) is 0 Å². The fourth-order valence-corrected chi connectivity index (χ4v) is 3.90. The lowest BCUT2D eigenvalue weighted by Gasteiger charge is -2.21. The lowest BCUT2D eigenvalue weighted by atomic mass is 10.2. The van der Waals surface area contributed by atoms with Gasteiger partial charge in [0.1, 0.15) is 5.01 Å². The summed E-state index contributed by atoms with van der Waals surface area (Å²) in [6, 6.07) is 10.7. The molecule has 2 aromatic heterocycles. The summed E-state index contributed by atoms with van der Waals surface area (Å²) in [4.78, 5) is 7.02. The Hall–Kier alpha value is -1.98. The third kappa shape index (κ3) is 2.69. The predicted octanol–water partition coefficient (Wildman–Crippen LogP) is 3.67. The van der Waals surface area contributed by atoms with Gasteiger partial charge in [-0.1, -0.05) is 18.2 Å². The maximum atomic E-state index is 4.50. The number of hydrogen-bond donors (Lipinski definition) is 0. The lowest BCUT2D eigenvalue weighted by molar-refractivity contribution is 0.248. The van der Waals surface area contributed by atoms with Crippen LogP contribution in [0.2, 0.25) is 0 Å². The third-order valence-corrected chi connectivity index (χ3v) is 5.02. The molecule has 1 aliphatic heterocycles. The molecule has 0 saturated carbocycles. The van der Waals surface area contributed by atoms with Crippen LogP contribution in [0, 0.1) is 0 Å². The Bertz CT molecular complexity index is 720. The van der Waals surface area contributed by atoms with E-state index in [1.807, 2.05) is 35.3 Å². The van der Waals surface area contributed by atoms with Crippen LogP contribution in [-0.4, -0.2) is 26.2 Å². The number of likely N-dealkylation sites (tertiary alicyclic amines) is 1. The minimum atomic E-state index is 0.472. The SMILES string of the molecule is c1ccc(-n2cc(CN3CCCC3c3nccs3)cn2)cc1. The molecule has 1 saturated heterocycles. The minimum absolute atomic E-state index is 0.472. The van der Waals surface area contributed by atoms with Crippen LogP contribution in [0.15, 0.2) is 54.3 Å². The number of hydrogen-bond acceptors (Lipinski definition) is 4. The zero-order valence-corrected chi connectivity index (χ0v) is 13.1. The zero-order valence-electron chi connectivity index (χ0n) is 12.3. The van der Waals surface area contributed by atoms with Crippen molar-refractivity contribution >= 4 is 11.3 Å². The second-order valence-electron chi connectivity index (χ2n) is 5.63. The molecule has 0 aliphatic carbocycles. The third-order valence-electron chi connectivity index (χ3n) is 4.14. The monoisotopic (exact) mass is 310 g/mol. The average molecular weight is 310 g/mol. The Labute approximate surface area is 134 Å². The van der Waals surface area contributed by atoms with Crippen LogP contribution in [-0.2, 0) is 6.54 Å². The van der Waals surface area contributed by atoms with E-state index in [1.165, 1.54) is 23.4 Å². The average Bonchev–Trinajstić information content (AvgIpc) is 3.30. The van der Waals surface area contributed by atoms with Crippen LogP contribution < -0.4 is 0 Å². The number of aromatic nitrogens is 3. The molecule has 0 radical (unpaired) electrons. The fourth-order valence-electron chi connectivity index (χ4n) is 3.09. The first-order valence-electron chi connectivity index (χ1n) is 7.62. The highest BCUT2D eigenvalue weighted by Gasteiger charge is 2.27. The van der Waals surface area contributed by atoms with E-state index >= 15 is 0 Å². The number of para-hydroxylation sites is 1. The Kier molecular flexibility index (Phi) is 3.74. The minimum Gasteiger partial charge on any atom is -0.290 e. The van der Waals surface area contributed by atoms with Crippen LogP contribution in [0.4, 0.5) is 0 Å². The van der Waals surface area contributed by atoms with Gasteiger partial charge in [0.2, 0.25) is 0 Å². The Balaban J connectivity index is 1.51. The molecule has 4 nitrogen and oxygen atoms in total. The van der Waals surface area contributed by atoms with Crippen molar-refractivity contribution in [2.24, 2.45) is 0 Å². The van der Waals surface area contributed by atoms with E-state index in [2.05, 4.69) is 38.7 Å². The van der Waals surface area contributed by atoms with Crippen molar-refractivity contribution < 1.29 is 0 Å². The number of rotatable bonds is 4. The van der Waals surface area contributed by atoms with Gasteiger partial charge in [0.05, 0.1) is 17.9 Å². The molecule has 5 heteroatoms. The molecule has 0 amide bonds. The van der Waals surface area contributed by atoms with Crippen molar-refractivity contribution in [3.05, 3.63) is 64.9 Å². The van der Waals surface area contributed by atoms with Crippen molar-refractivity contribution in [1.29, 1.82) is 0 Å². The molecule has 112 valence electrons. The molecule has 0 N–H and O–H groups in total. The number of thiazole rings is 1. The molecule has 22 heavy (non-hydrogen) atoms. The second kappa shape index (κ2) is 6.02. The molecular weight excluding hydrogens is 292 g/mol. The molecular formula is C17H18N4S. The molecule has 3 heterocycles. The first-order chi connectivity index (χ1) is 10.9. The summed E-state index contributed by atoms with van der Waals surface area (Å²) < 4.78 is 1.95. The van der Waals surface area contributed by atoms with Gasteiger partial charge >= 0.3 is 0 Å². The van der Waals surface area contributed by atoms with Gasteiger partial charge in [0.25, 0.3) is 0 Å². The number of nitrogens with zero attached hydrogens (tertiary/aromatic N) is 4. The van der Waals surface area contributed by atoms with Gasteiger partial charge in [-0.3, -0.25) is 4.90 Å². The predicted molar refractivity (Wildman–Crippen MR) is 88.1 cm³/mol. The van der Waals surface area contributed by atoms with Crippen LogP contribution >= 0.6 is 11.3 Å². The summed E-state index contributed by atoms with van der Waals surface area (Å²) >= 11 is 1.76. The first kappa shape index (κ1) is 13.7. The van der Waals surface area contributed by atoms with Gasteiger partial charge < -0.3 is 0 Å². The highest BCUT2D eigenvalue weighted by Crippen LogP contribution is 2.34. The van der Waals surface area contributed by atoms with E-state index in [-0.39, 0.29) is 0 Å². The molecule has 1 fully saturated rings.